The Hall–Kier alpha value is -3.35. The minimum atomic E-state index is -0.319. The first-order valence-corrected chi connectivity index (χ1v) is 12.7. The van der Waals surface area contributed by atoms with Crippen molar-refractivity contribution in [2.75, 3.05) is 38.6 Å². The third-order valence-electron chi connectivity index (χ3n) is 5.91. The quantitative estimate of drug-likeness (QED) is 0.226. The van der Waals surface area contributed by atoms with Gasteiger partial charge in [0.25, 0.3) is 0 Å². The van der Waals surface area contributed by atoms with E-state index in [9.17, 15) is 9.59 Å². The lowest BCUT2D eigenvalue weighted by atomic mass is 10.1. The molecule has 0 saturated heterocycles. The number of para-hydroxylation sites is 1. The fourth-order valence-electron chi connectivity index (χ4n) is 3.91. The molecule has 0 aromatic heterocycles. The van der Waals surface area contributed by atoms with Crippen LogP contribution < -0.4 is 10.6 Å². The van der Waals surface area contributed by atoms with Crippen LogP contribution in [-0.2, 0) is 17.6 Å². The van der Waals surface area contributed by atoms with E-state index in [1.165, 1.54) is 18.2 Å². The first-order chi connectivity index (χ1) is 17.5. The van der Waals surface area contributed by atoms with E-state index in [0.717, 1.165) is 56.0 Å². The Morgan fingerprint density at radius 1 is 0.806 bits per heavy atom. The van der Waals surface area contributed by atoms with E-state index >= 15 is 0 Å². The van der Waals surface area contributed by atoms with Gasteiger partial charge in [-0.25, -0.2) is 9.59 Å². The zero-order valence-electron chi connectivity index (χ0n) is 20.7. The molecule has 36 heavy (non-hydrogen) atoms. The largest absolute Gasteiger partial charge is 0.465 e. The number of ether oxygens (including phenoxy) is 1. The predicted octanol–water partition coefficient (Wildman–Crippen LogP) is 5.82. The normalized spacial score (nSPS) is 10.8. The van der Waals surface area contributed by atoms with E-state index in [1.807, 2.05) is 66.7 Å². The summed E-state index contributed by atoms with van der Waals surface area (Å²) >= 11 is 6.02. The van der Waals surface area contributed by atoms with Crippen LogP contribution in [0.5, 0.6) is 0 Å². The van der Waals surface area contributed by atoms with Gasteiger partial charge in [0.05, 0.1) is 12.7 Å². The van der Waals surface area contributed by atoms with Crippen LogP contribution in [0.15, 0.2) is 78.9 Å². The molecular formula is C29H34ClN3O3. The van der Waals surface area contributed by atoms with Crippen LogP contribution in [-0.4, -0.2) is 50.2 Å². The van der Waals surface area contributed by atoms with Crippen LogP contribution in [0.1, 0.15) is 34.3 Å². The molecule has 0 fully saturated rings. The molecular weight excluding hydrogens is 474 g/mol. The summed E-state index contributed by atoms with van der Waals surface area (Å²) in [6.45, 7) is 3.37. The molecule has 3 aromatic carbocycles. The van der Waals surface area contributed by atoms with E-state index in [-0.39, 0.29) is 12.0 Å². The number of nitrogens with one attached hydrogen (secondary N) is 2. The van der Waals surface area contributed by atoms with Crippen molar-refractivity contribution in [3.05, 3.63) is 101 Å². The van der Waals surface area contributed by atoms with E-state index in [0.29, 0.717) is 12.1 Å². The number of methoxy groups -OCH3 is 1. The van der Waals surface area contributed by atoms with E-state index in [4.69, 9.17) is 16.3 Å². The summed E-state index contributed by atoms with van der Waals surface area (Å²) in [6.07, 6.45) is 3.72. The third-order valence-corrected chi connectivity index (χ3v) is 6.17. The van der Waals surface area contributed by atoms with Crippen LogP contribution in [0.25, 0.3) is 0 Å². The number of amides is 2. The van der Waals surface area contributed by atoms with Gasteiger partial charge in [0.15, 0.2) is 0 Å². The molecule has 3 rings (SSSR count). The molecule has 0 unspecified atom stereocenters. The summed E-state index contributed by atoms with van der Waals surface area (Å²) in [7, 11) is 1.39. The zero-order valence-corrected chi connectivity index (χ0v) is 21.5. The van der Waals surface area contributed by atoms with Gasteiger partial charge < -0.3 is 20.3 Å². The fourth-order valence-corrected chi connectivity index (χ4v) is 4.03. The van der Waals surface area contributed by atoms with Crippen molar-refractivity contribution in [3.8, 4) is 0 Å². The van der Waals surface area contributed by atoms with E-state index in [2.05, 4.69) is 27.7 Å². The molecule has 7 heteroatoms. The topological polar surface area (TPSA) is 70.7 Å². The maximum absolute atomic E-state index is 12.1. The molecule has 190 valence electrons. The molecule has 3 aromatic rings. The zero-order chi connectivity index (χ0) is 25.6. The predicted molar refractivity (Wildman–Crippen MR) is 146 cm³/mol. The van der Waals surface area contributed by atoms with Gasteiger partial charge in [-0.1, -0.05) is 54.1 Å². The number of carbonyl (C=O) groups is 2. The number of rotatable bonds is 13. The Balaban J connectivity index is 1.45. The highest BCUT2D eigenvalue weighted by molar-refractivity contribution is 6.30. The lowest BCUT2D eigenvalue weighted by Crippen LogP contribution is -2.34. The minimum absolute atomic E-state index is 0.190. The van der Waals surface area contributed by atoms with Gasteiger partial charge in [-0.3, -0.25) is 0 Å². The van der Waals surface area contributed by atoms with Gasteiger partial charge in [-0.2, -0.15) is 0 Å². The van der Waals surface area contributed by atoms with Crippen molar-refractivity contribution in [1.82, 2.24) is 10.2 Å². The number of anilines is 1. The van der Waals surface area contributed by atoms with Crippen molar-refractivity contribution in [2.24, 2.45) is 0 Å². The van der Waals surface area contributed by atoms with Crippen LogP contribution in [0.2, 0.25) is 5.02 Å². The molecule has 0 spiro atoms. The average Bonchev–Trinajstić information content (AvgIpc) is 2.90. The Labute approximate surface area is 218 Å². The first kappa shape index (κ1) is 27.2. The molecule has 0 bridgehead atoms. The summed E-state index contributed by atoms with van der Waals surface area (Å²) in [4.78, 5) is 26.2. The highest BCUT2D eigenvalue weighted by Crippen LogP contribution is 2.12. The Bertz CT molecular complexity index is 1070. The second-order valence-electron chi connectivity index (χ2n) is 8.61. The molecule has 2 amide bonds. The molecule has 0 aliphatic heterocycles. The number of urea groups is 1. The standard InChI is InChI=1S/C29H34ClN3O3/c1-36-28(34)25-14-10-23(11-15-25)7-5-20-33(22-18-24-12-16-26(30)17-13-24)21-6-19-31-29(35)32-27-8-3-2-4-9-27/h2-4,8-17H,5-7,18-22H2,1H3,(H2,31,32,35). The van der Waals surface area contributed by atoms with E-state index < -0.39 is 0 Å². The van der Waals surface area contributed by atoms with Crippen LogP contribution >= 0.6 is 11.6 Å². The maximum atomic E-state index is 12.1. The van der Waals surface area contributed by atoms with Crippen molar-refractivity contribution < 1.29 is 14.3 Å². The molecule has 0 radical (unpaired) electrons. The van der Waals surface area contributed by atoms with Gasteiger partial charge >= 0.3 is 12.0 Å². The second kappa shape index (κ2) is 14.9. The highest BCUT2D eigenvalue weighted by atomic mass is 35.5. The lowest BCUT2D eigenvalue weighted by Gasteiger charge is -2.22. The van der Waals surface area contributed by atoms with Gasteiger partial charge in [0.1, 0.15) is 0 Å². The van der Waals surface area contributed by atoms with Crippen LogP contribution in [0.3, 0.4) is 0 Å². The number of benzene rings is 3. The summed E-state index contributed by atoms with van der Waals surface area (Å²) in [6, 6.07) is 24.8. The molecule has 0 saturated carbocycles. The van der Waals surface area contributed by atoms with Gasteiger partial charge in [0.2, 0.25) is 0 Å². The summed E-state index contributed by atoms with van der Waals surface area (Å²) < 4.78 is 4.77. The third kappa shape index (κ3) is 9.72. The van der Waals surface area contributed by atoms with Crippen molar-refractivity contribution >= 4 is 29.3 Å². The molecule has 2 N–H and O–H groups in total. The first-order valence-electron chi connectivity index (χ1n) is 12.3. The number of esters is 1. The number of aryl methyl sites for hydroxylation is 1. The number of hydrogen-bond acceptors (Lipinski definition) is 4. The SMILES string of the molecule is COC(=O)c1ccc(CCCN(CCCNC(=O)Nc2ccccc2)CCc2ccc(Cl)cc2)cc1. The van der Waals surface area contributed by atoms with Crippen molar-refractivity contribution in [3.63, 3.8) is 0 Å². The van der Waals surface area contributed by atoms with E-state index in [1.54, 1.807) is 0 Å². The summed E-state index contributed by atoms with van der Waals surface area (Å²) in [5, 5.41) is 6.53. The molecule has 0 aliphatic rings. The van der Waals surface area contributed by atoms with Gasteiger partial charge in [-0.05, 0) is 86.3 Å². The maximum Gasteiger partial charge on any atom is 0.337 e. The molecule has 6 nitrogen and oxygen atoms in total. The Morgan fingerprint density at radius 2 is 1.44 bits per heavy atom. The number of nitrogens with zero attached hydrogens (tertiary/aromatic N) is 1. The number of carbonyl (C=O) groups excluding carboxylic acids is 2. The lowest BCUT2D eigenvalue weighted by molar-refractivity contribution is 0.0600. The molecule has 0 aliphatic carbocycles. The van der Waals surface area contributed by atoms with Crippen LogP contribution in [0, 0.1) is 0 Å². The second-order valence-corrected chi connectivity index (χ2v) is 9.05. The molecule has 0 heterocycles. The Kier molecular flexibility index (Phi) is 11.3. The smallest absolute Gasteiger partial charge is 0.337 e. The van der Waals surface area contributed by atoms with Gasteiger partial charge in [-0.15, -0.1) is 0 Å². The number of halogens is 1. The van der Waals surface area contributed by atoms with Crippen molar-refractivity contribution in [1.29, 1.82) is 0 Å². The van der Waals surface area contributed by atoms with Gasteiger partial charge in [0, 0.05) is 23.8 Å². The number of hydrogen-bond donors (Lipinski definition) is 2. The highest BCUT2D eigenvalue weighted by Gasteiger charge is 2.08. The van der Waals surface area contributed by atoms with Crippen molar-refractivity contribution in [2.45, 2.75) is 25.7 Å². The summed E-state index contributed by atoms with van der Waals surface area (Å²) in [5.41, 5.74) is 3.79. The fraction of sp³-hybridized carbons (Fsp3) is 0.310. The Morgan fingerprint density at radius 3 is 2.14 bits per heavy atom. The average molecular weight is 508 g/mol. The monoisotopic (exact) mass is 507 g/mol. The minimum Gasteiger partial charge on any atom is -0.465 e. The molecule has 0 atom stereocenters. The summed E-state index contributed by atoms with van der Waals surface area (Å²) in [5.74, 6) is -0.319. The van der Waals surface area contributed by atoms with Crippen LogP contribution in [0.4, 0.5) is 10.5 Å².